The number of carbonyl (C=O) groups excluding carboxylic acids is 1. The first-order valence-electron chi connectivity index (χ1n) is 5.38. The van der Waals surface area contributed by atoms with Crippen LogP contribution < -0.4 is 11.3 Å². The lowest BCUT2D eigenvalue weighted by atomic mass is 10.2. The molecule has 5 nitrogen and oxygen atoms in total. The number of nitrogens with two attached hydrogens (primary N) is 1. The standard InChI is InChI=1S/C11H13N3O2S/c12-10(17)8-2-1-5-14(8)11(16)7-3-4-9(15)13-6-7/h3-4,6,8H,1-2,5H2,(H2,12,17)(H,13,15). The first-order chi connectivity index (χ1) is 8.09. The molecule has 1 atom stereocenters. The second kappa shape index (κ2) is 4.67. The molecule has 1 aromatic heterocycles. The topological polar surface area (TPSA) is 79.2 Å². The van der Waals surface area contributed by atoms with Crippen molar-refractivity contribution in [3.63, 3.8) is 0 Å². The van der Waals surface area contributed by atoms with Crippen LogP contribution >= 0.6 is 12.2 Å². The fraction of sp³-hybridized carbons (Fsp3) is 0.364. The van der Waals surface area contributed by atoms with E-state index >= 15 is 0 Å². The molecular weight excluding hydrogens is 238 g/mol. The number of amides is 1. The van der Waals surface area contributed by atoms with Gasteiger partial charge in [0.1, 0.15) is 0 Å². The third-order valence-corrected chi connectivity index (χ3v) is 3.15. The van der Waals surface area contributed by atoms with Crippen molar-refractivity contribution in [2.45, 2.75) is 18.9 Å². The summed E-state index contributed by atoms with van der Waals surface area (Å²) in [6, 6.07) is 2.68. The highest BCUT2D eigenvalue weighted by molar-refractivity contribution is 7.80. The summed E-state index contributed by atoms with van der Waals surface area (Å²) in [7, 11) is 0. The summed E-state index contributed by atoms with van der Waals surface area (Å²) in [6.07, 6.45) is 3.13. The van der Waals surface area contributed by atoms with Gasteiger partial charge in [0.15, 0.2) is 0 Å². The van der Waals surface area contributed by atoms with Crippen molar-refractivity contribution in [1.82, 2.24) is 9.88 Å². The van der Waals surface area contributed by atoms with E-state index in [1.807, 2.05) is 0 Å². The Balaban J connectivity index is 2.22. The number of aromatic amines is 1. The Morgan fingerprint density at radius 3 is 2.88 bits per heavy atom. The van der Waals surface area contributed by atoms with Gasteiger partial charge in [-0.25, -0.2) is 0 Å². The van der Waals surface area contributed by atoms with Crippen LogP contribution in [-0.2, 0) is 0 Å². The maximum atomic E-state index is 12.2. The zero-order chi connectivity index (χ0) is 12.4. The maximum Gasteiger partial charge on any atom is 0.255 e. The number of H-pyrrole nitrogens is 1. The number of nitrogens with one attached hydrogen (secondary N) is 1. The Labute approximate surface area is 104 Å². The highest BCUT2D eigenvalue weighted by Gasteiger charge is 2.31. The molecule has 1 saturated heterocycles. The molecule has 1 aliphatic heterocycles. The summed E-state index contributed by atoms with van der Waals surface area (Å²) in [6.45, 7) is 0.653. The lowest BCUT2D eigenvalue weighted by Crippen LogP contribution is -2.42. The highest BCUT2D eigenvalue weighted by atomic mass is 32.1. The third-order valence-electron chi connectivity index (χ3n) is 2.87. The van der Waals surface area contributed by atoms with E-state index in [1.165, 1.54) is 18.3 Å². The van der Waals surface area contributed by atoms with E-state index in [0.717, 1.165) is 12.8 Å². The summed E-state index contributed by atoms with van der Waals surface area (Å²) in [4.78, 5) is 27.6. The Hall–Kier alpha value is -1.69. The van der Waals surface area contributed by atoms with E-state index in [2.05, 4.69) is 4.98 Å². The van der Waals surface area contributed by atoms with Gasteiger partial charge in [-0.05, 0) is 18.9 Å². The zero-order valence-electron chi connectivity index (χ0n) is 9.18. The lowest BCUT2D eigenvalue weighted by molar-refractivity contribution is 0.0770. The Kier molecular flexibility index (Phi) is 3.23. The van der Waals surface area contributed by atoms with Gasteiger partial charge in [0, 0.05) is 18.8 Å². The minimum Gasteiger partial charge on any atom is -0.392 e. The number of nitrogens with zero attached hydrogens (tertiary/aromatic N) is 1. The van der Waals surface area contributed by atoms with Crippen molar-refractivity contribution in [1.29, 1.82) is 0 Å². The van der Waals surface area contributed by atoms with Crippen molar-refractivity contribution >= 4 is 23.1 Å². The highest BCUT2D eigenvalue weighted by Crippen LogP contribution is 2.19. The molecule has 6 heteroatoms. The van der Waals surface area contributed by atoms with Crippen LogP contribution in [0.3, 0.4) is 0 Å². The molecule has 0 radical (unpaired) electrons. The summed E-state index contributed by atoms with van der Waals surface area (Å²) in [5, 5.41) is 0. The molecule has 0 bridgehead atoms. The average Bonchev–Trinajstić information content (AvgIpc) is 2.78. The summed E-state index contributed by atoms with van der Waals surface area (Å²) in [5.74, 6) is -0.142. The quantitative estimate of drug-likeness (QED) is 0.739. The molecule has 2 heterocycles. The van der Waals surface area contributed by atoms with Crippen LogP contribution in [0.15, 0.2) is 23.1 Å². The third kappa shape index (κ3) is 2.36. The first-order valence-corrected chi connectivity index (χ1v) is 5.79. The van der Waals surface area contributed by atoms with Crippen molar-refractivity contribution in [3.8, 4) is 0 Å². The molecule has 1 aromatic rings. The smallest absolute Gasteiger partial charge is 0.255 e. The van der Waals surface area contributed by atoms with Crippen molar-refractivity contribution in [2.75, 3.05) is 6.54 Å². The summed E-state index contributed by atoms with van der Waals surface area (Å²) < 4.78 is 0. The van der Waals surface area contributed by atoms with E-state index in [0.29, 0.717) is 17.1 Å². The predicted octanol–water partition coefficient (Wildman–Crippen LogP) is 0.266. The maximum absolute atomic E-state index is 12.2. The number of pyridine rings is 1. The monoisotopic (exact) mass is 251 g/mol. The number of rotatable bonds is 2. The van der Waals surface area contributed by atoms with Gasteiger partial charge in [-0.1, -0.05) is 12.2 Å². The molecular formula is C11H13N3O2S. The van der Waals surface area contributed by atoms with Crippen LogP contribution in [0.4, 0.5) is 0 Å². The van der Waals surface area contributed by atoms with E-state index in [-0.39, 0.29) is 17.5 Å². The number of aromatic nitrogens is 1. The van der Waals surface area contributed by atoms with Crippen LogP contribution in [0.25, 0.3) is 0 Å². The first kappa shape index (κ1) is 11.8. The molecule has 0 spiro atoms. The van der Waals surface area contributed by atoms with Crippen LogP contribution in [0, 0.1) is 0 Å². The number of carbonyl (C=O) groups is 1. The number of likely N-dealkylation sites (tertiary alicyclic amines) is 1. The zero-order valence-corrected chi connectivity index (χ0v) is 10.00. The fourth-order valence-corrected chi connectivity index (χ4v) is 2.26. The molecule has 1 unspecified atom stereocenters. The van der Waals surface area contributed by atoms with Gasteiger partial charge in [-0.2, -0.15) is 0 Å². The molecule has 17 heavy (non-hydrogen) atoms. The number of thiocarbonyl (C=S) groups is 1. The van der Waals surface area contributed by atoms with Crippen molar-refractivity contribution in [2.24, 2.45) is 5.73 Å². The van der Waals surface area contributed by atoms with Gasteiger partial charge in [-0.3, -0.25) is 9.59 Å². The van der Waals surface area contributed by atoms with Gasteiger partial charge < -0.3 is 15.6 Å². The fourth-order valence-electron chi connectivity index (χ4n) is 2.02. The molecule has 1 amide bonds. The molecule has 0 aliphatic carbocycles. The van der Waals surface area contributed by atoms with Crippen LogP contribution in [0.5, 0.6) is 0 Å². The SMILES string of the molecule is NC(=S)C1CCCN1C(=O)c1ccc(=O)[nH]c1. The van der Waals surface area contributed by atoms with E-state index in [1.54, 1.807) is 4.90 Å². The van der Waals surface area contributed by atoms with Gasteiger partial charge >= 0.3 is 0 Å². The average molecular weight is 251 g/mol. The summed E-state index contributed by atoms with van der Waals surface area (Å²) >= 11 is 4.95. The minimum atomic E-state index is -0.228. The molecule has 1 aliphatic rings. The van der Waals surface area contributed by atoms with Crippen molar-refractivity contribution in [3.05, 3.63) is 34.2 Å². The van der Waals surface area contributed by atoms with Crippen LogP contribution in [0.1, 0.15) is 23.2 Å². The normalized spacial score (nSPS) is 19.3. The second-order valence-corrected chi connectivity index (χ2v) is 4.47. The van der Waals surface area contributed by atoms with Gasteiger partial charge in [0.25, 0.3) is 5.91 Å². The van der Waals surface area contributed by atoms with Gasteiger partial charge in [0.2, 0.25) is 5.56 Å². The number of hydrogen-bond acceptors (Lipinski definition) is 3. The van der Waals surface area contributed by atoms with Crippen LogP contribution in [-0.4, -0.2) is 33.4 Å². The van der Waals surface area contributed by atoms with E-state index < -0.39 is 0 Å². The molecule has 0 saturated carbocycles. The molecule has 90 valence electrons. The molecule has 0 aromatic carbocycles. The van der Waals surface area contributed by atoms with Gasteiger partial charge in [0.05, 0.1) is 16.6 Å². The largest absolute Gasteiger partial charge is 0.392 e. The Morgan fingerprint density at radius 2 is 2.29 bits per heavy atom. The van der Waals surface area contributed by atoms with E-state index in [9.17, 15) is 9.59 Å². The molecule has 2 rings (SSSR count). The van der Waals surface area contributed by atoms with Crippen molar-refractivity contribution < 1.29 is 4.79 Å². The van der Waals surface area contributed by atoms with Crippen LogP contribution in [0.2, 0.25) is 0 Å². The van der Waals surface area contributed by atoms with Gasteiger partial charge in [-0.15, -0.1) is 0 Å². The number of hydrogen-bond donors (Lipinski definition) is 2. The second-order valence-electron chi connectivity index (χ2n) is 4.00. The Bertz CT molecular complexity index is 491. The minimum absolute atomic E-state index is 0.142. The van der Waals surface area contributed by atoms with E-state index in [4.69, 9.17) is 18.0 Å². The predicted molar refractivity (Wildman–Crippen MR) is 67.9 cm³/mol. The summed E-state index contributed by atoms with van der Waals surface area (Å²) in [5.41, 5.74) is 5.83. The molecule has 1 fully saturated rings. The lowest BCUT2D eigenvalue weighted by Gasteiger charge is -2.23. The molecule has 3 N–H and O–H groups in total. The Morgan fingerprint density at radius 1 is 1.53 bits per heavy atom.